The van der Waals surface area contributed by atoms with Crippen LogP contribution in [0.2, 0.25) is 0 Å². The first-order chi connectivity index (χ1) is 10.6. The quantitative estimate of drug-likeness (QED) is 0.858. The maximum atomic E-state index is 11.8. The molecule has 0 N–H and O–H groups in total. The van der Waals surface area contributed by atoms with E-state index in [9.17, 15) is 8.42 Å². The third kappa shape index (κ3) is 2.45. The Balaban J connectivity index is 1.75. The standard InChI is InChI=1S/C14H18N4O3S/c19-22(20)8-6-11(9-22)18-14(12-5-7-21-17-12)15-13(16-18)10-3-1-2-4-10/h5,7,10-11H,1-4,6,8-9H2. The van der Waals surface area contributed by atoms with Crippen molar-refractivity contribution in [3.05, 3.63) is 18.2 Å². The predicted molar refractivity (Wildman–Crippen MR) is 79.0 cm³/mol. The van der Waals surface area contributed by atoms with Gasteiger partial charge in [-0.2, -0.15) is 5.10 Å². The monoisotopic (exact) mass is 322 g/mol. The van der Waals surface area contributed by atoms with E-state index in [1.54, 1.807) is 10.7 Å². The Morgan fingerprint density at radius 2 is 2.05 bits per heavy atom. The minimum Gasteiger partial charge on any atom is -0.364 e. The lowest BCUT2D eigenvalue weighted by molar-refractivity contribution is 0.419. The summed E-state index contributed by atoms with van der Waals surface area (Å²) in [5.41, 5.74) is 0.612. The molecule has 1 aliphatic heterocycles. The van der Waals surface area contributed by atoms with Crippen LogP contribution in [0.3, 0.4) is 0 Å². The van der Waals surface area contributed by atoms with Gasteiger partial charge < -0.3 is 4.52 Å². The Morgan fingerprint density at radius 1 is 1.23 bits per heavy atom. The van der Waals surface area contributed by atoms with Crippen molar-refractivity contribution in [3.8, 4) is 11.5 Å². The van der Waals surface area contributed by atoms with Gasteiger partial charge in [0.1, 0.15) is 6.26 Å². The zero-order chi connectivity index (χ0) is 15.2. The molecule has 3 heterocycles. The molecule has 2 aliphatic rings. The first-order valence-electron chi connectivity index (χ1n) is 7.70. The van der Waals surface area contributed by atoms with E-state index in [0.29, 0.717) is 23.9 Å². The Labute approximate surface area is 128 Å². The highest BCUT2D eigenvalue weighted by atomic mass is 32.2. The van der Waals surface area contributed by atoms with E-state index >= 15 is 0 Å². The molecule has 8 heteroatoms. The van der Waals surface area contributed by atoms with E-state index in [-0.39, 0.29) is 17.5 Å². The molecule has 7 nitrogen and oxygen atoms in total. The van der Waals surface area contributed by atoms with Crippen molar-refractivity contribution in [3.63, 3.8) is 0 Å². The largest absolute Gasteiger partial charge is 0.364 e. The van der Waals surface area contributed by atoms with Gasteiger partial charge in [-0.1, -0.05) is 18.0 Å². The van der Waals surface area contributed by atoms with Gasteiger partial charge in [0.2, 0.25) is 0 Å². The lowest BCUT2D eigenvalue weighted by Gasteiger charge is -2.10. The highest BCUT2D eigenvalue weighted by Crippen LogP contribution is 2.35. The Bertz CT molecular complexity index is 760. The molecule has 2 aromatic rings. The van der Waals surface area contributed by atoms with Crippen LogP contribution in [-0.4, -0.2) is 39.8 Å². The van der Waals surface area contributed by atoms with Crippen LogP contribution in [-0.2, 0) is 9.84 Å². The summed E-state index contributed by atoms with van der Waals surface area (Å²) in [6, 6.07) is 1.59. The highest BCUT2D eigenvalue weighted by molar-refractivity contribution is 7.91. The van der Waals surface area contributed by atoms with Gasteiger partial charge in [0.15, 0.2) is 27.2 Å². The zero-order valence-electron chi connectivity index (χ0n) is 12.2. The van der Waals surface area contributed by atoms with Crippen LogP contribution in [0.25, 0.3) is 11.5 Å². The third-order valence-corrected chi connectivity index (χ3v) is 6.34. The lowest BCUT2D eigenvalue weighted by Crippen LogP contribution is -2.14. The molecule has 1 aliphatic carbocycles. The summed E-state index contributed by atoms with van der Waals surface area (Å²) in [6.07, 6.45) is 6.69. The van der Waals surface area contributed by atoms with Gasteiger partial charge in [-0.05, 0) is 19.3 Å². The zero-order valence-corrected chi connectivity index (χ0v) is 13.0. The second-order valence-electron chi connectivity index (χ2n) is 6.16. The van der Waals surface area contributed by atoms with E-state index in [4.69, 9.17) is 4.52 Å². The van der Waals surface area contributed by atoms with Gasteiger partial charge in [-0.15, -0.1) is 0 Å². The highest BCUT2D eigenvalue weighted by Gasteiger charge is 2.33. The lowest BCUT2D eigenvalue weighted by atomic mass is 10.1. The van der Waals surface area contributed by atoms with Gasteiger partial charge in [0.25, 0.3) is 0 Å². The molecular formula is C14H18N4O3S. The van der Waals surface area contributed by atoms with Crippen LogP contribution >= 0.6 is 0 Å². The van der Waals surface area contributed by atoms with Crippen LogP contribution < -0.4 is 0 Å². The minimum atomic E-state index is -2.97. The molecule has 118 valence electrons. The number of rotatable bonds is 3. The van der Waals surface area contributed by atoms with E-state index in [1.165, 1.54) is 19.1 Å². The number of hydrogen-bond acceptors (Lipinski definition) is 6. The molecule has 0 aromatic carbocycles. The smallest absolute Gasteiger partial charge is 0.180 e. The summed E-state index contributed by atoms with van der Waals surface area (Å²) < 4.78 is 30.2. The number of nitrogens with zero attached hydrogens (tertiary/aromatic N) is 4. The van der Waals surface area contributed by atoms with Crippen LogP contribution in [0.4, 0.5) is 0 Å². The molecule has 22 heavy (non-hydrogen) atoms. The molecule has 0 radical (unpaired) electrons. The summed E-state index contributed by atoms with van der Waals surface area (Å²) in [7, 11) is -2.97. The van der Waals surface area contributed by atoms with Gasteiger partial charge in [-0.3, -0.25) is 0 Å². The third-order valence-electron chi connectivity index (χ3n) is 4.59. The second-order valence-corrected chi connectivity index (χ2v) is 8.39. The van der Waals surface area contributed by atoms with Crippen molar-refractivity contribution in [2.75, 3.05) is 11.5 Å². The van der Waals surface area contributed by atoms with Crippen LogP contribution in [0.1, 0.15) is 49.9 Å². The average molecular weight is 322 g/mol. The van der Waals surface area contributed by atoms with Crippen LogP contribution in [0.15, 0.2) is 16.9 Å². The molecule has 2 fully saturated rings. The molecule has 1 unspecified atom stereocenters. The fraction of sp³-hybridized carbons (Fsp3) is 0.643. The number of sulfone groups is 1. The normalized spacial score (nSPS) is 25.0. The van der Waals surface area contributed by atoms with E-state index < -0.39 is 9.84 Å². The fourth-order valence-electron chi connectivity index (χ4n) is 3.42. The maximum absolute atomic E-state index is 11.8. The minimum absolute atomic E-state index is 0.130. The summed E-state index contributed by atoms with van der Waals surface area (Å²) >= 11 is 0. The number of aromatic nitrogens is 4. The van der Waals surface area contributed by atoms with Crippen molar-refractivity contribution >= 4 is 9.84 Å². The summed E-state index contributed by atoms with van der Waals surface area (Å²) in [4.78, 5) is 4.66. The van der Waals surface area contributed by atoms with Gasteiger partial charge >= 0.3 is 0 Å². The van der Waals surface area contributed by atoms with Crippen molar-refractivity contribution < 1.29 is 12.9 Å². The molecule has 4 rings (SSSR count). The molecule has 0 bridgehead atoms. The summed E-state index contributed by atoms with van der Waals surface area (Å²) in [6.45, 7) is 0. The molecule has 0 spiro atoms. The number of hydrogen-bond donors (Lipinski definition) is 0. The van der Waals surface area contributed by atoms with Crippen molar-refractivity contribution in [2.45, 2.75) is 44.1 Å². The Kier molecular flexibility index (Phi) is 3.28. The Morgan fingerprint density at radius 3 is 2.68 bits per heavy atom. The molecule has 1 atom stereocenters. The average Bonchev–Trinajstić information content (AvgIpc) is 3.25. The summed E-state index contributed by atoms with van der Waals surface area (Å²) in [5.74, 6) is 2.17. The predicted octanol–water partition coefficient (Wildman–Crippen LogP) is 1.95. The van der Waals surface area contributed by atoms with Crippen molar-refractivity contribution in [2.24, 2.45) is 0 Å². The molecular weight excluding hydrogens is 304 g/mol. The molecule has 2 aromatic heterocycles. The molecule has 1 saturated carbocycles. The molecule has 1 saturated heterocycles. The summed E-state index contributed by atoms with van der Waals surface area (Å²) in [5, 5.41) is 8.60. The van der Waals surface area contributed by atoms with Crippen LogP contribution in [0, 0.1) is 0 Å². The van der Waals surface area contributed by atoms with Gasteiger partial charge in [-0.25, -0.2) is 18.1 Å². The maximum Gasteiger partial charge on any atom is 0.180 e. The van der Waals surface area contributed by atoms with Crippen molar-refractivity contribution in [1.82, 2.24) is 19.9 Å². The van der Waals surface area contributed by atoms with Crippen LogP contribution in [0.5, 0.6) is 0 Å². The SMILES string of the molecule is O=S1(=O)CCC(n2nc(C3CCCC3)nc2-c2ccon2)C1. The topological polar surface area (TPSA) is 90.9 Å². The first kappa shape index (κ1) is 13.9. The van der Waals surface area contributed by atoms with E-state index in [1.807, 2.05) is 0 Å². The van der Waals surface area contributed by atoms with Gasteiger partial charge in [0.05, 0.1) is 17.5 Å². The van der Waals surface area contributed by atoms with Gasteiger partial charge in [0, 0.05) is 12.0 Å². The van der Waals surface area contributed by atoms with E-state index in [0.717, 1.165) is 18.7 Å². The second kappa shape index (κ2) is 5.19. The van der Waals surface area contributed by atoms with E-state index in [2.05, 4.69) is 15.2 Å². The fourth-order valence-corrected chi connectivity index (χ4v) is 5.11. The molecule has 0 amide bonds. The Hall–Kier alpha value is -1.70. The van der Waals surface area contributed by atoms with Crippen molar-refractivity contribution in [1.29, 1.82) is 0 Å². The first-order valence-corrected chi connectivity index (χ1v) is 9.52.